The number of rotatable bonds is 1. The summed E-state index contributed by atoms with van der Waals surface area (Å²) in [5.74, 6) is 0.0666. The molecule has 0 atom stereocenters. The van der Waals surface area contributed by atoms with Crippen molar-refractivity contribution in [2.45, 2.75) is 25.7 Å². The predicted octanol–water partition coefficient (Wildman–Crippen LogP) is 3.47. The van der Waals surface area contributed by atoms with Crippen LogP contribution in [-0.2, 0) is 0 Å². The van der Waals surface area contributed by atoms with Crippen LogP contribution in [0.2, 0.25) is 0 Å². The predicted molar refractivity (Wildman–Crippen MR) is 80.2 cm³/mol. The number of amides is 1. The molecule has 0 spiro atoms. The van der Waals surface area contributed by atoms with Gasteiger partial charge in [-0.05, 0) is 31.0 Å². The zero-order chi connectivity index (χ0) is 12.3. The molecule has 2 N–H and O–H groups in total. The second kappa shape index (κ2) is 7.00. The molecule has 1 aliphatic heterocycles. The van der Waals surface area contributed by atoms with Crippen LogP contribution in [0.25, 0.3) is 0 Å². The topological polar surface area (TPSA) is 46.3 Å². The van der Waals surface area contributed by atoms with Crippen LogP contribution < -0.4 is 5.73 Å². The third-order valence-electron chi connectivity index (χ3n) is 3.14. The molecule has 18 heavy (non-hydrogen) atoms. The normalized spacial score (nSPS) is 15.7. The summed E-state index contributed by atoms with van der Waals surface area (Å²) in [7, 11) is 0. The Morgan fingerprint density at radius 1 is 1.17 bits per heavy atom. The van der Waals surface area contributed by atoms with E-state index in [9.17, 15) is 4.79 Å². The van der Waals surface area contributed by atoms with E-state index in [1.165, 1.54) is 12.8 Å². The highest BCUT2D eigenvalue weighted by atomic mass is 79.9. The molecule has 1 heterocycles. The number of nitrogens with zero attached hydrogens (tertiary/aromatic N) is 1. The maximum atomic E-state index is 12.3. The molecular weight excluding hydrogens is 316 g/mol. The Balaban J connectivity index is 0.00000162. The maximum absolute atomic E-state index is 12.3. The minimum Gasteiger partial charge on any atom is -0.398 e. The van der Waals surface area contributed by atoms with Gasteiger partial charge in [0.05, 0.1) is 5.56 Å². The summed E-state index contributed by atoms with van der Waals surface area (Å²) in [6.45, 7) is 1.71. The average Bonchev–Trinajstić information content (AvgIpc) is 2.56. The summed E-state index contributed by atoms with van der Waals surface area (Å²) >= 11 is 3.35. The van der Waals surface area contributed by atoms with Gasteiger partial charge in [-0.1, -0.05) is 28.8 Å². The molecule has 0 aromatic heterocycles. The van der Waals surface area contributed by atoms with Gasteiger partial charge in [-0.25, -0.2) is 0 Å². The fourth-order valence-electron chi connectivity index (χ4n) is 2.17. The molecule has 2 rings (SSSR count). The standard InChI is InChI=1S/C13H17BrN2O.ClH/c14-10-5-6-11(12(15)9-10)13(17)16-7-3-1-2-4-8-16;/h5-6,9H,1-4,7-8,15H2;1H. The Morgan fingerprint density at radius 3 is 2.33 bits per heavy atom. The number of carbonyl (C=O) groups is 1. The number of hydrogen-bond donors (Lipinski definition) is 1. The van der Waals surface area contributed by atoms with Gasteiger partial charge in [0.25, 0.3) is 5.91 Å². The molecule has 100 valence electrons. The van der Waals surface area contributed by atoms with Crippen LogP contribution in [0.15, 0.2) is 22.7 Å². The number of likely N-dealkylation sites (tertiary alicyclic amines) is 1. The average molecular weight is 334 g/mol. The first-order chi connectivity index (χ1) is 8.18. The van der Waals surface area contributed by atoms with E-state index in [-0.39, 0.29) is 18.3 Å². The van der Waals surface area contributed by atoms with Crippen molar-refractivity contribution in [2.24, 2.45) is 0 Å². The van der Waals surface area contributed by atoms with E-state index >= 15 is 0 Å². The first-order valence-electron chi connectivity index (χ1n) is 6.03. The minimum absolute atomic E-state index is 0. The molecule has 0 radical (unpaired) electrons. The summed E-state index contributed by atoms with van der Waals surface area (Å²) in [5.41, 5.74) is 7.06. The number of nitrogens with two attached hydrogens (primary N) is 1. The molecule has 0 unspecified atom stereocenters. The number of benzene rings is 1. The van der Waals surface area contributed by atoms with Crippen LogP contribution in [-0.4, -0.2) is 23.9 Å². The van der Waals surface area contributed by atoms with Gasteiger partial charge in [-0.15, -0.1) is 12.4 Å². The van der Waals surface area contributed by atoms with Crippen LogP contribution >= 0.6 is 28.3 Å². The number of carbonyl (C=O) groups excluding carboxylic acids is 1. The molecule has 1 aromatic carbocycles. The number of nitrogen functional groups attached to an aromatic ring is 1. The zero-order valence-electron chi connectivity index (χ0n) is 10.2. The quantitative estimate of drug-likeness (QED) is 0.800. The fraction of sp³-hybridized carbons (Fsp3) is 0.462. The Bertz CT molecular complexity index is 417. The molecule has 1 fully saturated rings. The van der Waals surface area contributed by atoms with Crippen molar-refractivity contribution in [3.63, 3.8) is 0 Å². The summed E-state index contributed by atoms with van der Waals surface area (Å²) < 4.78 is 0.905. The molecule has 0 aliphatic carbocycles. The van der Waals surface area contributed by atoms with Gasteiger partial charge in [-0.3, -0.25) is 4.79 Å². The van der Waals surface area contributed by atoms with Crippen molar-refractivity contribution in [1.82, 2.24) is 4.90 Å². The first-order valence-corrected chi connectivity index (χ1v) is 6.82. The summed E-state index contributed by atoms with van der Waals surface area (Å²) in [6.07, 6.45) is 4.64. The van der Waals surface area contributed by atoms with E-state index in [2.05, 4.69) is 15.9 Å². The molecule has 1 amide bonds. The SMILES string of the molecule is Cl.Nc1cc(Br)ccc1C(=O)N1CCCCCC1. The molecule has 1 aliphatic rings. The third-order valence-corrected chi connectivity index (χ3v) is 3.63. The van der Waals surface area contributed by atoms with Crippen LogP contribution in [0.3, 0.4) is 0 Å². The largest absolute Gasteiger partial charge is 0.398 e. The van der Waals surface area contributed by atoms with Crippen molar-refractivity contribution < 1.29 is 4.79 Å². The van der Waals surface area contributed by atoms with E-state index in [0.717, 1.165) is 30.4 Å². The van der Waals surface area contributed by atoms with Crippen LogP contribution in [0.4, 0.5) is 5.69 Å². The molecule has 3 nitrogen and oxygen atoms in total. The van der Waals surface area contributed by atoms with E-state index in [0.29, 0.717) is 11.3 Å². The molecule has 0 saturated carbocycles. The highest BCUT2D eigenvalue weighted by molar-refractivity contribution is 9.10. The van der Waals surface area contributed by atoms with Crippen molar-refractivity contribution in [1.29, 1.82) is 0 Å². The van der Waals surface area contributed by atoms with Crippen molar-refractivity contribution in [3.05, 3.63) is 28.2 Å². The third kappa shape index (κ3) is 3.62. The smallest absolute Gasteiger partial charge is 0.255 e. The summed E-state index contributed by atoms with van der Waals surface area (Å²) in [4.78, 5) is 14.2. The van der Waals surface area contributed by atoms with E-state index in [1.807, 2.05) is 11.0 Å². The van der Waals surface area contributed by atoms with Gasteiger partial charge >= 0.3 is 0 Å². The molecule has 1 aromatic rings. The van der Waals surface area contributed by atoms with Gasteiger partial charge in [0.1, 0.15) is 0 Å². The Kier molecular flexibility index (Phi) is 5.96. The summed E-state index contributed by atoms with van der Waals surface area (Å²) in [6, 6.07) is 5.44. The van der Waals surface area contributed by atoms with Gasteiger partial charge in [0.2, 0.25) is 0 Å². The molecular formula is C13H18BrClN2O. The van der Waals surface area contributed by atoms with Crippen molar-refractivity contribution in [3.8, 4) is 0 Å². The van der Waals surface area contributed by atoms with Gasteiger partial charge in [-0.2, -0.15) is 0 Å². The lowest BCUT2D eigenvalue weighted by Gasteiger charge is -2.21. The molecule has 0 bridgehead atoms. The summed E-state index contributed by atoms with van der Waals surface area (Å²) in [5, 5.41) is 0. The minimum atomic E-state index is 0. The Morgan fingerprint density at radius 2 is 1.78 bits per heavy atom. The lowest BCUT2D eigenvalue weighted by molar-refractivity contribution is 0.0762. The van der Waals surface area contributed by atoms with Gasteiger partial charge < -0.3 is 10.6 Å². The number of anilines is 1. The highest BCUT2D eigenvalue weighted by Gasteiger charge is 2.19. The first kappa shape index (κ1) is 15.3. The Hall–Kier alpha value is -0.740. The van der Waals surface area contributed by atoms with Crippen LogP contribution in [0.1, 0.15) is 36.0 Å². The van der Waals surface area contributed by atoms with Crippen LogP contribution in [0.5, 0.6) is 0 Å². The van der Waals surface area contributed by atoms with E-state index in [4.69, 9.17) is 5.73 Å². The second-order valence-corrected chi connectivity index (χ2v) is 5.35. The molecule has 5 heteroatoms. The van der Waals surface area contributed by atoms with E-state index < -0.39 is 0 Å². The van der Waals surface area contributed by atoms with E-state index in [1.54, 1.807) is 12.1 Å². The van der Waals surface area contributed by atoms with Gasteiger partial charge in [0, 0.05) is 23.2 Å². The molecule has 1 saturated heterocycles. The lowest BCUT2D eigenvalue weighted by Crippen LogP contribution is -2.32. The monoisotopic (exact) mass is 332 g/mol. The fourth-order valence-corrected chi connectivity index (χ4v) is 2.55. The van der Waals surface area contributed by atoms with Gasteiger partial charge in [0.15, 0.2) is 0 Å². The number of halogens is 2. The highest BCUT2D eigenvalue weighted by Crippen LogP contribution is 2.21. The lowest BCUT2D eigenvalue weighted by atomic mass is 10.1. The van der Waals surface area contributed by atoms with Crippen LogP contribution in [0, 0.1) is 0 Å². The number of hydrogen-bond acceptors (Lipinski definition) is 2. The maximum Gasteiger partial charge on any atom is 0.255 e. The van der Waals surface area contributed by atoms with Crippen molar-refractivity contribution >= 4 is 39.9 Å². The Labute approximate surface area is 122 Å². The second-order valence-electron chi connectivity index (χ2n) is 4.44. The van der Waals surface area contributed by atoms with Crippen molar-refractivity contribution in [2.75, 3.05) is 18.8 Å². The zero-order valence-corrected chi connectivity index (χ0v) is 12.6.